The molecule has 116 valence electrons. The van der Waals surface area contributed by atoms with Gasteiger partial charge in [0.05, 0.1) is 6.54 Å². The van der Waals surface area contributed by atoms with Crippen LogP contribution >= 0.6 is 0 Å². The molecule has 1 fully saturated rings. The van der Waals surface area contributed by atoms with Crippen LogP contribution in [0.3, 0.4) is 0 Å². The first kappa shape index (κ1) is 15.6. The van der Waals surface area contributed by atoms with E-state index >= 15 is 0 Å². The number of amides is 2. The third kappa shape index (κ3) is 4.60. The van der Waals surface area contributed by atoms with Crippen molar-refractivity contribution in [3.63, 3.8) is 0 Å². The third-order valence-corrected chi connectivity index (χ3v) is 3.47. The lowest BCUT2D eigenvalue weighted by Gasteiger charge is -2.21. The van der Waals surface area contributed by atoms with Crippen LogP contribution in [0.4, 0.5) is 0 Å². The van der Waals surface area contributed by atoms with E-state index in [1.165, 1.54) is 4.90 Å². The molecule has 0 spiro atoms. The number of hydrogen-bond donors (Lipinski definition) is 1. The van der Waals surface area contributed by atoms with Gasteiger partial charge in [-0.3, -0.25) is 9.59 Å². The minimum Gasteiger partial charge on any atom is -0.454 e. The molecule has 2 heterocycles. The zero-order valence-electron chi connectivity index (χ0n) is 12.6. The van der Waals surface area contributed by atoms with Crippen molar-refractivity contribution in [1.29, 1.82) is 0 Å². The summed E-state index contributed by atoms with van der Waals surface area (Å²) in [6.07, 6.45) is 2.53. The van der Waals surface area contributed by atoms with Crippen molar-refractivity contribution in [1.82, 2.24) is 10.2 Å². The Morgan fingerprint density at radius 2 is 2.19 bits per heavy atom. The third-order valence-electron chi connectivity index (χ3n) is 3.47. The molecule has 21 heavy (non-hydrogen) atoms. The van der Waals surface area contributed by atoms with Crippen LogP contribution in [0.25, 0.3) is 0 Å². The fraction of sp³-hybridized carbons (Fsp3) is 0.600. The van der Waals surface area contributed by atoms with Gasteiger partial charge in [-0.1, -0.05) is 0 Å². The summed E-state index contributed by atoms with van der Waals surface area (Å²) in [5.41, 5.74) is 0. The summed E-state index contributed by atoms with van der Waals surface area (Å²) in [6, 6.07) is 3.33. The summed E-state index contributed by atoms with van der Waals surface area (Å²) in [6.45, 7) is 1.76. The summed E-state index contributed by atoms with van der Waals surface area (Å²) in [4.78, 5) is 25.0. The van der Waals surface area contributed by atoms with Gasteiger partial charge in [-0.2, -0.15) is 0 Å². The van der Waals surface area contributed by atoms with E-state index in [1.54, 1.807) is 26.2 Å². The van der Waals surface area contributed by atoms with E-state index in [0.29, 0.717) is 31.3 Å². The quantitative estimate of drug-likeness (QED) is 0.891. The molecule has 0 bridgehead atoms. The molecule has 1 saturated heterocycles. The number of hydrogen-bond acceptors (Lipinski definition) is 4. The van der Waals surface area contributed by atoms with E-state index in [9.17, 15) is 9.59 Å². The zero-order chi connectivity index (χ0) is 15.2. The lowest BCUT2D eigenvalue weighted by molar-refractivity contribution is -0.123. The maximum Gasteiger partial charge on any atom is 0.289 e. The number of nitrogens with one attached hydrogen (secondary N) is 1. The van der Waals surface area contributed by atoms with Gasteiger partial charge in [-0.05, 0) is 30.9 Å². The lowest BCUT2D eigenvalue weighted by Crippen LogP contribution is -2.28. The Kier molecular flexibility index (Phi) is 5.38. The molecule has 2 rings (SSSR count). The minimum absolute atomic E-state index is 0.0117. The number of carbonyl (C=O) groups is 2. The summed E-state index contributed by atoms with van der Waals surface area (Å²) in [5, 5.41) is 2.81. The molecule has 2 amide bonds. The highest BCUT2D eigenvalue weighted by Gasteiger charge is 2.18. The molecule has 1 unspecified atom stereocenters. The van der Waals surface area contributed by atoms with Crippen LogP contribution in [0.15, 0.2) is 16.5 Å². The number of rotatable bonds is 5. The van der Waals surface area contributed by atoms with Crippen molar-refractivity contribution in [2.75, 3.05) is 27.3 Å². The van der Waals surface area contributed by atoms with Gasteiger partial charge < -0.3 is 19.4 Å². The van der Waals surface area contributed by atoms with Crippen molar-refractivity contribution in [2.24, 2.45) is 5.92 Å². The summed E-state index contributed by atoms with van der Waals surface area (Å²) >= 11 is 0. The first-order valence-electron chi connectivity index (χ1n) is 7.21. The Morgan fingerprint density at radius 3 is 2.86 bits per heavy atom. The average Bonchev–Trinajstić information content (AvgIpc) is 2.94. The molecule has 0 aliphatic carbocycles. The normalized spacial score (nSPS) is 18.3. The SMILES string of the molecule is CN(C)C(=O)c1ccc(CNC(=O)CC2CCCOC2)o1. The molecule has 6 heteroatoms. The van der Waals surface area contributed by atoms with E-state index < -0.39 is 0 Å². The zero-order valence-corrected chi connectivity index (χ0v) is 12.6. The second-order valence-electron chi connectivity index (χ2n) is 5.53. The van der Waals surface area contributed by atoms with Gasteiger partial charge in [0.2, 0.25) is 5.91 Å². The largest absolute Gasteiger partial charge is 0.454 e. The Balaban J connectivity index is 1.77. The number of ether oxygens (including phenoxy) is 1. The van der Waals surface area contributed by atoms with Crippen molar-refractivity contribution in [3.05, 3.63) is 23.7 Å². The molecule has 1 aromatic rings. The Labute approximate surface area is 124 Å². The number of nitrogens with zero attached hydrogens (tertiary/aromatic N) is 1. The van der Waals surface area contributed by atoms with Crippen LogP contribution < -0.4 is 5.32 Å². The highest BCUT2D eigenvalue weighted by atomic mass is 16.5. The van der Waals surface area contributed by atoms with E-state index in [4.69, 9.17) is 9.15 Å². The maximum atomic E-state index is 11.8. The van der Waals surface area contributed by atoms with Crippen LogP contribution in [0, 0.1) is 5.92 Å². The first-order chi connectivity index (χ1) is 10.1. The number of furan rings is 1. The molecule has 1 aliphatic rings. The van der Waals surface area contributed by atoms with Gasteiger partial charge in [-0.25, -0.2) is 0 Å². The molecular formula is C15H22N2O4. The second-order valence-corrected chi connectivity index (χ2v) is 5.53. The van der Waals surface area contributed by atoms with Crippen molar-refractivity contribution in [3.8, 4) is 0 Å². The first-order valence-corrected chi connectivity index (χ1v) is 7.21. The van der Waals surface area contributed by atoms with Crippen LogP contribution in [0.5, 0.6) is 0 Å². The van der Waals surface area contributed by atoms with Gasteiger partial charge in [-0.15, -0.1) is 0 Å². The predicted molar refractivity (Wildman–Crippen MR) is 76.7 cm³/mol. The molecule has 1 aliphatic heterocycles. The fourth-order valence-corrected chi connectivity index (χ4v) is 2.30. The van der Waals surface area contributed by atoms with E-state index in [1.807, 2.05) is 0 Å². The van der Waals surface area contributed by atoms with E-state index in [-0.39, 0.29) is 17.6 Å². The van der Waals surface area contributed by atoms with Gasteiger partial charge in [0, 0.05) is 33.7 Å². The molecule has 1 N–H and O–H groups in total. The van der Waals surface area contributed by atoms with Gasteiger partial charge in [0.1, 0.15) is 5.76 Å². The molecule has 1 atom stereocenters. The van der Waals surface area contributed by atoms with Crippen LogP contribution in [0.2, 0.25) is 0 Å². The average molecular weight is 294 g/mol. The monoisotopic (exact) mass is 294 g/mol. The van der Waals surface area contributed by atoms with Gasteiger partial charge in [0.25, 0.3) is 5.91 Å². The van der Waals surface area contributed by atoms with Crippen molar-refractivity contribution < 1.29 is 18.7 Å². The lowest BCUT2D eigenvalue weighted by atomic mass is 9.98. The van der Waals surface area contributed by atoms with Crippen LogP contribution in [0.1, 0.15) is 35.6 Å². The van der Waals surface area contributed by atoms with E-state index in [0.717, 1.165) is 19.4 Å². The smallest absolute Gasteiger partial charge is 0.289 e. The Bertz CT molecular complexity index is 490. The summed E-state index contributed by atoms with van der Waals surface area (Å²) in [7, 11) is 3.33. The second kappa shape index (κ2) is 7.26. The van der Waals surface area contributed by atoms with Crippen molar-refractivity contribution in [2.45, 2.75) is 25.8 Å². The fourth-order valence-electron chi connectivity index (χ4n) is 2.30. The molecule has 0 aromatic carbocycles. The van der Waals surface area contributed by atoms with Gasteiger partial charge >= 0.3 is 0 Å². The molecule has 6 nitrogen and oxygen atoms in total. The maximum absolute atomic E-state index is 11.8. The van der Waals surface area contributed by atoms with Crippen LogP contribution in [-0.2, 0) is 16.1 Å². The topological polar surface area (TPSA) is 71.8 Å². The predicted octanol–water partition coefficient (Wildman–Crippen LogP) is 1.41. The molecule has 0 radical (unpaired) electrons. The highest BCUT2D eigenvalue weighted by Crippen LogP contribution is 2.17. The summed E-state index contributed by atoms with van der Waals surface area (Å²) in [5.74, 6) is 0.967. The van der Waals surface area contributed by atoms with Crippen molar-refractivity contribution >= 4 is 11.8 Å². The van der Waals surface area contributed by atoms with Crippen LogP contribution in [-0.4, -0.2) is 44.0 Å². The molecule has 0 saturated carbocycles. The van der Waals surface area contributed by atoms with E-state index in [2.05, 4.69) is 5.32 Å². The molecule has 1 aromatic heterocycles. The minimum atomic E-state index is -0.188. The number of carbonyl (C=O) groups excluding carboxylic acids is 2. The Morgan fingerprint density at radius 1 is 1.38 bits per heavy atom. The molecular weight excluding hydrogens is 272 g/mol. The van der Waals surface area contributed by atoms with Gasteiger partial charge in [0.15, 0.2) is 5.76 Å². The summed E-state index contributed by atoms with van der Waals surface area (Å²) < 4.78 is 10.8. The standard InChI is InChI=1S/C15H22N2O4/c1-17(2)15(19)13-6-5-12(21-13)9-16-14(18)8-11-4-3-7-20-10-11/h5-6,11H,3-4,7-10H2,1-2H3,(H,16,18). The highest BCUT2D eigenvalue weighted by molar-refractivity contribution is 5.91. The Hall–Kier alpha value is -1.82.